The zero-order valence-corrected chi connectivity index (χ0v) is 15.8. The van der Waals surface area contributed by atoms with Gasteiger partial charge in [0, 0.05) is 30.4 Å². The van der Waals surface area contributed by atoms with Crippen LogP contribution in [0.2, 0.25) is 0 Å². The fourth-order valence-corrected chi connectivity index (χ4v) is 2.86. The molecule has 0 aromatic heterocycles. The minimum atomic E-state index is -0.104. The molecule has 0 aliphatic carbocycles. The van der Waals surface area contributed by atoms with Crippen molar-refractivity contribution >= 4 is 11.6 Å². The third-order valence-electron chi connectivity index (χ3n) is 4.29. The molecule has 1 heterocycles. The van der Waals surface area contributed by atoms with Gasteiger partial charge in [-0.2, -0.15) is 0 Å². The number of nitrogens with one attached hydrogen (secondary N) is 1. The largest absolute Gasteiger partial charge is 0.497 e. The number of anilines is 1. The van der Waals surface area contributed by atoms with Gasteiger partial charge in [0.05, 0.1) is 20.8 Å². The summed E-state index contributed by atoms with van der Waals surface area (Å²) in [6.45, 7) is 3.92. The van der Waals surface area contributed by atoms with Gasteiger partial charge in [-0.25, -0.2) is 0 Å². The third-order valence-corrected chi connectivity index (χ3v) is 4.29. The summed E-state index contributed by atoms with van der Waals surface area (Å²) < 4.78 is 21.2. The van der Waals surface area contributed by atoms with E-state index in [9.17, 15) is 4.79 Å². The smallest absolute Gasteiger partial charge is 0.238 e. The lowest BCUT2D eigenvalue weighted by Gasteiger charge is -2.20. The Hall–Kier alpha value is -2.93. The number of carbonyl (C=O) groups excluding carboxylic acids is 1. The molecule has 0 bridgehead atoms. The van der Waals surface area contributed by atoms with Crippen molar-refractivity contribution in [3.63, 3.8) is 0 Å². The summed E-state index contributed by atoms with van der Waals surface area (Å²) in [7, 11) is 3.15. The predicted molar refractivity (Wildman–Crippen MR) is 102 cm³/mol. The highest BCUT2D eigenvalue weighted by atomic mass is 16.7. The molecule has 1 N–H and O–H groups in total. The summed E-state index contributed by atoms with van der Waals surface area (Å²) in [5, 5.41) is 2.90. The molecule has 2 aromatic carbocycles. The summed E-state index contributed by atoms with van der Waals surface area (Å²) in [4.78, 5) is 14.5. The molecule has 1 aliphatic rings. The Bertz CT molecular complexity index is 787. The van der Waals surface area contributed by atoms with E-state index in [1.165, 1.54) is 0 Å². The number of carbonyl (C=O) groups is 1. The molecule has 1 aliphatic heterocycles. The lowest BCUT2D eigenvalue weighted by molar-refractivity contribution is -0.117. The van der Waals surface area contributed by atoms with E-state index < -0.39 is 0 Å². The molecule has 27 heavy (non-hydrogen) atoms. The second-order valence-corrected chi connectivity index (χ2v) is 6.14. The molecule has 3 rings (SSSR count). The van der Waals surface area contributed by atoms with Gasteiger partial charge in [0.2, 0.25) is 12.7 Å². The van der Waals surface area contributed by atoms with Crippen LogP contribution in [0.4, 0.5) is 5.69 Å². The molecule has 0 radical (unpaired) electrons. The Morgan fingerprint density at radius 2 is 1.78 bits per heavy atom. The van der Waals surface area contributed by atoms with Crippen LogP contribution in [0, 0.1) is 0 Å². The zero-order chi connectivity index (χ0) is 19.2. The molecule has 0 unspecified atom stereocenters. The molecule has 0 atom stereocenters. The second kappa shape index (κ2) is 8.64. The molecular formula is C20H24N2O5. The molecule has 1 amide bonds. The summed E-state index contributed by atoms with van der Waals surface area (Å²) >= 11 is 0. The van der Waals surface area contributed by atoms with Gasteiger partial charge >= 0.3 is 0 Å². The van der Waals surface area contributed by atoms with Gasteiger partial charge in [-0.1, -0.05) is 13.0 Å². The highest BCUT2D eigenvalue weighted by Gasteiger charge is 2.16. The highest BCUT2D eigenvalue weighted by Crippen LogP contribution is 2.32. The van der Waals surface area contributed by atoms with Crippen molar-refractivity contribution < 1.29 is 23.7 Å². The van der Waals surface area contributed by atoms with Crippen LogP contribution >= 0.6 is 0 Å². The molecule has 7 heteroatoms. The number of nitrogens with zero attached hydrogens (tertiary/aromatic N) is 1. The van der Waals surface area contributed by atoms with E-state index in [1.54, 1.807) is 32.4 Å². The first-order valence-corrected chi connectivity index (χ1v) is 8.75. The van der Waals surface area contributed by atoms with Crippen LogP contribution in [0.3, 0.4) is 0 Å². The van der Waals surface area contributed by atoms with Gasteiger partial charge in [-0.05, 0) is 24.2 Å². The number of methoxy groups -OCH3 is 2. The highest BCUT2D eigenvalue weighted by molar-refractivity contribution is 5.92. The van der Waals surface area contributed by atoms with E-state index in [4.69, 9.17) is 18.9 Å². The van der Waals surface area contributed by atoms with Crippen molar-refractivity contribution in [3.8, 4) is 23.0 Å². The average molecular weight is 372 g/mol. The van der Waals surface area contributed by atoms with Crippen LogP contribution in [-0.4, -0.2) is 44.9 Å². The maximum atomic E-state index is 12.5. The van der Waals surface area contributed by atoms with Crippen molar-refractivity contribution in [3.05, 3.63) is 42.0 Å². The van der Waals surface area contributed by atoms with Gasteiger partial charge in [0.25, 0.3) is 0 Å². The predicted octanol–water partition coefficient (Wildman–Crippen LogP) is 2.89. The lowest BCUT2D eigenvalue weighted by atomic mass is 10.2. The number of hydrogen-bond acceptors (Lipinski definition) is 6. The third kappa shape index (κ3) is 4.83. The topological polar surface area (TPSA) is 69.3 Å². The Labute approximate surface area is 158 Å². The standard InChI is InChI=1S/C20H24N2O5/c1-4-22(11-14-5-6-18-19(7-14)27-13-26-18)12-20(23)21-15-8-16(24-2)10-17(9-15)25-3/h5-10H,4,11-13H2,1-3H3,(H,21,23). The normalized spacial score (nSPS) is 12.1. The first-order valence-electron chi connectivity index (χ1n) is 8.75. The number of fused-ring (bicyclic) bond motifs is 1. The zero-order valence-electron chi connectivity index (χ0n) is 15.8. The monoisotopic (exact) mass is 372 g/mol. The number of likely N-dealkylation sites (N-methyl/N-ethyl adjacent to an activating group) is 1. The Kier molecular flexibility index (Phi) is 6.03. The van der Waals surface area contributed by atoms with Gasteiger partial charge < -0.3 is 24.3 Å². The molecule has 0 spiro atoms. The van der Waals surface area contributed by atoms with Crippen molar-refractivity contribution in [2.24, 2.45) is 0 Å². The van der Waals surface area contributed by atoms with E-state index in [0.717, 1.165) is 23.6 Å². The summed E-state index contributed by atoms with van der Waals surface area (Å²) in [5.74, 6) is 2.64. The SMILES string of the molecule is CCN(CC(=O)Nc1cc(OC)cc(OC)c1)Cc1ccc2c(c1)OCO2. The summed E-state index contributed by atoms with van der Waals surface area (Å²) in [6, 6.07) is 11.1. The maximum Gasteiger partial charge on any atom is 0.238 e. The van der Waals surface area contributed by atoms with Crippen LogP contribution in [-0.2, 0) is 11.3 Å². The molecular weight excluding hydrogens is 348 g/mol. The van der Waals surface area contributed by atoms with Crippen LogP contribution < -0.4 is 24.3 Å². The molecule has 0 saturated heterocycles. The summed E-state index contributed by atoms with van der Waals surface area (Å²) in [5.41, 5.74) is 1.70. The van der Waals surface area contributed by atoms with Crippen LogP contribution in [0.1, 0.15) is 12.5 Å². The second-order valence-electron chi connectivity index (χ2n) is 6.14. The number of hydrogen-bond donors (Lipinski definition) is 1. The van der Waals surface area contributed by atoms with Crippen molar-refractivity contribution in [1.29, 1.82) is 0 Å². The van der Waals surface area contributed by atoms with Crippen molar-refractivity contribution in [1.82, 2.24) is 4.90 Å². The Morgan fingerprint density at radius 1 is 1.07 bits per heavy atom. The minimum absolute atomic E-state index is 0.104. The number of ether oxygens (including phenoxy) is 4. The maximum absolute atomic E-state index is 12.5. The van der Waals surface area contributed by atoms with E-state index in [2.05, 4.69) is 5.32 Å². The molecule has 0 fully saturated rings. The fourth-order valence-electron chi connectivity index (χ4n) is 2.86. The van der Waals surface area contributed by atoms with E-state index in [0.29, 0.717) is 23.7 Å². The number of benzene rings is 2. The van der Waals surface area contributed by atoms with Gasteiger partial charge in [0.1, 0.15) is 11.5 Å². The molecule has 0 saturated carbocycles. The van der Waals surface area contributed by atoms with Crippen molar-refractivity contribution in [2.45, 2.75) is 13.5 Å². The Balaban J connectivity index is 1.61. The van der Waals surface area contributed by atoms with Crippen LogP contribution in [0.25, 0.3) is 0 Å². The van der Waals surface area contributed by atoms with E-state index >= 15 is 0 Å². The molecule has 7 nitrogen and oxygen atoms in total. The fraction of sp³-hybridized carbons (Fsp3) is 0.350. The van der Waals surface area contributed by atoms with E-state index in [1.807, 2.05) is 30.0 Å². The first kappa shape index (κ1) is 18.8. The first-order chi connectivity index (χ1) is 13.1. The minimum Gasteiger partial charge on any atom is -0.497 e. The lowest BCUT2D eigenvalue weighted by Crippen LogP contribution is -2.32. The van der Waals surface area contributed by atoms with Crippen LogP contribution in [0.5, 0.6) is 23.0 Å². The molecule has 2 aromatic rings. The van der Waals surface area contributed by atoms with Gasteiger partial charge in [-0.15, -0.1) is 0 Å². The molecule has 144 valence electrons. The number of rotatable bonds is 8. The van der Waals surface area contributed by atoms with Crippen LogP contribution in [0.15, 0.2) is 36.4 Å². The average Bonchev–Trinajstić information content (AvgIpc) is 3.14. The van der Waals surface area contributed by atoms with E-state index in [-0.39, 0.29) is 19.2 Å². The quantitative estimate of drug-likeness (QED) is 0.768. The Morgan fingerprint density at radius 3 is 2.44 bits per heavy atom. The van der Waals surface area contributed by atoms with Gasteiger partial charge in [0.15, 0.2) is 11.5 Å². The van der Waals surface area contributed by atoms with Crippen molar-refractivity contribution in [2.75, 3.05) is 39.4 Å². The number of amides is 1. The van der Waals surface area contributed by atoms with Gasteiger partial charge in [-0.3, -0.25) is 9.69 Å². The summed E-state index contributed by atoms with van der Waals surface area (Å²) in [6.07, 6.45) is 0.